The third-order valence-electron chi connectivity index (χ3n) is 3.97. The van der Waals surface area contributed by atoms with E-state index in [4.69, 9.17) is 9.47 Å². The molecule has 0 saturated heterocycles. The second-order valence-electron chi connectivity index (χ2n) is 5.84. The summed E-state index contributed by atoms with van der Waals surface area (Å²) in [6.45, 7) is 7.71. The van der Waals surface area contributed by atoms with E-state index in [-0.39, 0.29) is 5.91 Å². The van der Waals surface area contributed by atoms with Gasteiger partial charge in [0.05, 0.1) is 6.54 Å². The summed E-state index contributed by atoms with van der Waals surface area (Å²) in [4.78, 5) is 14.4. The fourth-order valence-corrected chi connectivity index (χ4v) is 2.64. The van der Waals surface area contributed by atoms with Crippen molar-refractivity contribution in [3.63, 3.8) is 0 Å². The zero-order valence-electron chi connectivity index (χ0n) is 14.3. The van der Waals surface area contributed by atoms with E-state index < -0.39 is 0 Å². The summed E-state index contributed by atoms with van der Waals surface area (Å²) >= 11 is 0. The van der Waals surface area contributed by atoms with E-state index in [1.807, 2.05) is 18.2 Å². The zero-order chi connectivity index (χ0) is 16.5. The first-order valence-corrected chi connectivity index (χ1v) is 8.64. The number of hydrogen-bond donors (Lipinski definition) is 1. The topological polar surface area (TPSA) is 50.8 Å². The van der Waals surface area contributed by atoms with Crippen LogP contribution in [-0.4, -0.2) is 43.7 Å². The maximum Gasteiger partial charge on any atom is 0.238 e. The number of unbranched alkanes of at least 4 members (excludes halogenated alkanes) is 3. The molecule has 128 valence electrons. The van der Waals surface area contributed by atoms with Crippen LogP contribution in [0.5, 0.6) is 11.5 Å². The van der Waals surface area contributed by atoms with E-state index in [0.717, 1.165) is 30.9 Å². The second kappa shape index (κ2) is 9.40. The number of amides is 1. The molecule has 1 aromatic rings. The Hall–Kier alpha value is -1.75. The smallest absolute Gasteiger partial charge is 0.238 e. The number of carbonyl (C=O) groups excluding carboxylic acids is 1. The van der Waals surface area contributed by atoms with Crippen LogP contribution in [0.15, 0.2) is 18.2 Å². The molecule has 2 rings (SSSR count). The van der Waals surface area contributed by atoms with Gasteiger partial charge in [0.25, 0.3) is 0 Å². The van der Waals surface area contributed by atoms with Crippen molar-refractivity contribution in [2.24, 2.45) is 0 Å². The first-order chi connectivity index (χ1) is 11.2. The highest BCUT2D eigenvalue weighted by molar-refractivity contribution is 5.92. The Morgan fingerprint density at radius 2 is 1.91 bits per heavy atom. The molecule has 1 aliphatic rings. The van der Waals surface area contributed by atoms with E-state index in [0.29, 0.717) is 25.5 Å². The molecule has 1 heterocycles. The molecule has 0 unspecified atom stereocenters. The van der Waals surface area contributed by atoms with E-state index in [9.17, 15) is 4.79 Å². The third-order valence-corrected chi connectivity index (χ3v) is 3.97. The van der Waals surface area contributed by atoms with Gasteiger partial charge in [0.1, 0.15) is 13.2 Å². The van der Waals surface area contributed by atoms with E-state index in [1.165, 1.54) is 19.3 Å². The van der Waals surface area contributed by atoms with Gasteiger partial charge in [-0.05, 0) is 31.6 Å². The van der Waals surface area contributed by atoms with Gasteiger partial charge in [-0.3, -0.25) is 9.69 Å². The average Bonchev–Trinajstić information content (AvgIpc) is 2.57. The lowest BCUT2D eigenvalue weighted by Gasteiger charge is -2.21. The fourth-order valence-electron chi connectivity index (χ4n) is 2.64. The van der Waals surface area contributed by atoms with E-state index in [2.05, 4.69) is 24.1 Å². The Labute approximate surface area is 139 Å². The summed E-state index contributed by atoms with van der Waals surface area (Å²) in [6, 6.07) is 5.51. The lowest BCUT2D eigenvalue weighted by molar-refractivity contribution is -0.117. The third kappa shape index (κ3) is 5.75. The number of likely N-dealkylation sites (N-methyl/N-ethyl adjacent to an activating group) is 1. The standard InChI is InChI=1S/C18H28N2O3/c1-3-5-6-7-10-20(4-2)14-18(21)19-15-8-9-16-17(13-15)23-12-11-22-16/h8-9,13H,3-7,10-12,14H2,1-2H3,(H,19,21). The van der Waals surface area contributed by atoms with E-state index in [1.54, 1.807) is 0 Å². The molecule has 1 aliphatic heterocycles. The van der Waals surface area contributed by atoms with Gasteiger partial charge >= 0.3 is 0 Å². The number of hydrogen-bond acceptors (Lipinski definition) is 4. The number of benzene rings is 1. The Kier molecular flexibility index (Phi) is 7.20. The largest absolute Gasteiger partial charge is 0.486 e. The van der Waals surface area contributed by atoms with Crippen LogP contribution in [0.1, 0.15) is 39.5 Å². The number of carbonyl (C=O) groups is 1. The van der Waals surface area contributed by atoms with Gasteiger partial charge in [0.15, 0.2) is 11.5 Å². The number of fused-ring (bicyclic) bond motifs is 1. The van der Waals surface area contributed by atoms with Crippen LogP contribution >= 0.6 is 0 Å². The number of nitrogens with zero attached hydrogens (tertiary/aromatic N) is 1. The molecule has 0 bridgehead atoms. The zero-order valence-corrected chi connectivity index (χ0v) is 14.3. The molecule has 1 aromatic carbocycles. The maximum atomic E-state index is 12.2. The molecule has 23 heavy (non-hydrogen) atoms. The lowest BCUT2D eigenvalue weighted by atomic mass is 10.2. The fraction of sp³-hybridized carbons (Fsp3) is 0.611. The van der Waals surface area contributed by atoms with Crippen LogP contribution in [0.4, 0.5) is 5.69 Å². The second-order valence-corrected chi connectivity index (χ2v) is 5.84. The Balaban J connectivity index is 1.81. The van der Waals surface area contributed by atoms with Gasteiger partial charge in [0.2, 0.25) is 5.91 Å². The van der Waals surface area contributed by atoms with Crippen molar-refractivity contribution in [1.29, 1.82) is 0 Å². The number of anilines is 1. The Morgan fingerprint density at radius 1 is 1.13 bits per heavy atom. The Morgan fingerprint density at radius 3 is 2.65 bits per heavy atom. The van der Waals surface area contributed by atoms with Crippen LogP contribution in [0.25, 0.3) is 0 Å². The first kappa shape index (κ1) is 17.6. The predicted octanol–water partition coefficient (Wildman–Crippen LogP) is 3.30. The van der Waals surface area contributed by atoms with Crippen molar-refractivity contribution < 1.29 is 14.3 Å². The van der Waals surface area contributed by atoms with Crippen molar-refractivity contribution >= 4 is 11.6 Å². The Bertz CT molecular complexity index is 505. The van der Waals surface area contributed by atoms with Gasteiger partial charge in [0, 0.05) is 11.8 Å². The molecule has 0 spiro atoms. The molecule has 1 N–H and O–H groups in total. The van der Waals surface area contributed by atoms with Crippen molar-refractivity contribution in [2.45, 2.75) is 39.5 Å². The predicted molar refractivity (Wildman–Crippen MR) is 92.3 cm³/mol. The van der Waals surface area contributed by atoms with Gasteiger partial charge in [-0.25, -0.2) is 0 Å². The highest BCUT2D eigenvalue weighted by Crippen LogP contribution is 2.32. The average molecular weight is 320 g/mol. The molecule has 0 radical (unpaired) electrons. The number of nitrogens with one attached hydrogen (secondary N) is 1. The summed E-state index contributed by atoms with van der Waals surface area (Å²) in [5, 5.41) is 2.94. The summed E-state index contributed by atoms with van der Waals surface area (Å²) in [6.07, 6.45) is 4.88. The van der Waals surface area contributed by atoms with Crippen LogP contribution in [-0.2, 0) is 4.79 Å². The molecule has 0 saturated carbocycles. The van der Waals surface area contributed by atoms with Gasteiger partial charge < -0.3 is 14.8 Å². The minimum atomic E-state index is 0.0130. The highest BCUT2D eigenvalue weighted by atomic mass is 16.6. The summed E-state index contributed by atoms with van der Waals surface area (Å²) in [7, 11) is 0. The van der Waals surface area contributed by atoms with Crippen LogP contribution in [0.2, 0.25) is 0 Å². The lowest BCUT2D eigenvalue weighted by Crippen LogP contribution is -2.33. The van der Waals surface area contributed by atoms with Crippen LogP contribution in [0.3, 0.4) is 0 Å². The van der Waals surface area contributed by atoms with Gasteiger partial charge in [-0.15, -0.1) is 0 Å². The van der Waals surface area contributed by atoms with Crippen molar-refractivity contribution in [1.82, 2.24) is 4.90 Å². The van der Waals surface area contributed by atoms with Crippen LogP contribution in [0, 0.1) is 0 Å². The summed E-state index contributed by atoms with van der Waals surface area (Å²) in [5.41, 5.74) is 0.751. The monoisotopic (exact) mass is 320 g/mol. The molecule has 1 amide bonds. The normalized spacial score (nSPS) is 13.2. The molecular weight excluding hydrogens is 292 g/mol. The molecule has 0 aliphatic carbocycles. The first-order valence-electron chi connectivity index (χ1n) is 8.64. The highest BCUT2D eigenvalue weighted by Gasteiger charge is 2.14. The SMILES string of the molecule is CCCCCCN(CC)CC(=O)Nc1ccc2c(c1)OCCO2. The van der Waals surface area contributed by atoms with Gasteiger partial charge in [-0.1, -0.05) is 33.1 Å². The number of rotatable bonds is 9. The van der Waals surface area contributed by atoms with E-state index >= 15 is 0 Å². The van der Waals surface area contributed by atoms with Crippen LogP contribution < -0.4 is 14.8 Å². The minimum absolute atomic E-state index is 0.0130. The number of ether oxygens (including phenoxy) is 2. The molecule has 5 heteroatoms. The summed E-state index contributed by atoms with van der Waals surface area (Å²) < 4.78 is 11.0. The molecule has 0 aromatic heterocycles. The molecule has 0 atom stereocenters. The molecule has 5 nitrogen and oxygen atoms in total. The summed E-state index contributed by atoms with van der Waals surface area (Å²) in [5.74, 6) is 1.44. The minimum Gasteiger partial charge on any atom is -0.486 e. The van der Waals surface area contributed by atoms with Crippen molar-refractivity contribution in [3.8, 4) is 11.5 Å². The maximum absolute atomic E-state index is 12.2. The van der Waals surface area contributed by atoms with Crippen molar-refractivity contribution in [2.75, 3.05) is 38.2 Å². The van der Waals surface area contributed by atoms with Crippen molar-refractivity contribution in [3.05, 3.63) is 18.2 Å². The van der Waals surface area contributed by atoms with Gasteiger partial charge in [-0.2, -0.15) is 0 Å². The quantitative estimate of drug-likeness (QED) is 0.709. The molecular formula is C18H28N2O3. The molecule has 0 fully saturated rings.